The second kappa shape index (κ2) is 6.23. The minimum absolute atomic E-state index is 0.235. The maximum Gasteiger partial charge on any atom is 0.189 e. The lowest BCUT2D eigenvalue weighted by atomic mass is 9.95. The van der Waals surface area contributed by atoms with Crippen LogP contribution in [0.4, 0.5) is 0 Å². The predicted octanol–water partition coefficient (Wildman–Crippen LogP) is 2.50. The molecule has 0 saturated carbocycles. The number of carbonyl (C=O) groups is 1. The maximum absolute atomic E-state index is 11.1. The molecule has 2 aromatic rings. The fourth-order valence-corrected chi connectivity index (χ4v) is 5.04. The fourth-order valence-electron chi connectivity index (χ4n) is 2.49. The van der Waals surface area contributed by atoms with Crippen LogP contribution in [0.5, 0.6) is 0 Å². The van der Waals surface area contributed by atoms with Crippen LogP contribution in [0, 0.1) is 0 Å². The van der Waals surface area contributed by atoms with Gasteiger partial charge in [-0.25, -0.2) is 9.97 Å². The third-order valence-electron chi connectivity index (χ3n) is 3.68. The molecule has 1 aliphatic heterocycles. The SMILES string of the molecule is CSc1nc(S[C@H](C)C(=O)[O-])c2c3c(sc2n1)COC(C)(C)C3. The topological polar surface area (TPSA) is 75.1 Å². The van der Waals surface area contributed by atoms with E-state index in [9.17, 15) is 9.90 Å². The van der Waals surface area contributed by atoms with Gasteiger partial charge in [0, 0.05) is 21.9 Å². The minimum Gasteiger partial charge on any atom is -0.549 e. The fraction of sp³-hybridized carbons (Fsp3) is 0.533. The van der Waals surface area contributed by atoms with E-state index in [-0.39, 0.29) is 5.60 Å². The summed E-state index contributed by atoms with van der Waals surface area (Å²) in [6.45, 7) is 6.32. The molecule has 5 nitrogen and oxygen atoms in total. The number of fused-ring (bicyclic) bond motifs is 3. The Hall–Kier alpha value is -0.830. The highest BCUT2D eigenvalue weighted by Gasteiger charge is 2.31. The van der Waals surface area contributed by atoms with Crippen LogP contribution in [0.2, 0.25) is 0 Å². The van der Waals surface area contributed by atoms with Crippen molar-refractivity contribution < 1.29 is 14.6 Å². The quantitative estimate of drug-likeness (QED) is 0.465. The lowest BCUT2D eigenvalue weighted by Crippen LogP contribution is -2.32. The highest BCUT2D eigenvalue weighted by Crippen LogP contribution is 2.42. The molecule has 0 spiro atoms. The molecule has 0 amide bonds. The van der Waals surface area contributed by atoms with Gasteiger partial charge in [-0.15, -0.1) is 11.3 Å². The molecule has 0 saturated heterocycles. The number of aromatic nitrogens is 2. The normalized spacial score (nSPS) is 17.9. The van der Waals surface area contributed by atoms with Crippen molar-refractivity contribution in [2.45, 2.75) is 54.8 Å². The van der Waals surface area contributed by atoms with Crippen molar-refractivity contribution >= 4 is 51.0 Å². The van der Waals surface area contributed by atoms with Crippen molar-refractivity contribution in [1.29, 1.82) is 0 Å². The Kier molecular flexibility index (Phi) is 4.61. The predicted molar refractivity (Wildman–Crippen MR) is 92.1 cm³/mol. The maximum atomic E-state index is 11.1. The first kappa shape index (κ1) is 17.0. The third-order valence-corrected chi connectivity index (χ3v) is 6.39. The number of rotatable bonds is 4. The van der Waals surface area contributed by atoms with Gasteiger partial charge in [-0.2, -0.15) is 0 Å². The summed E-state index contributed by atoms with van der Waals surface area (Å²) >= 11 is 4.30. The van der Waals surface area contributed by atoms with Crippen LogP contribution in [0.15, 0.2) is 10.2 Å². The van der Waals surface area contributed by atoms with Gasteiger partial charge >= 0.3 is 0 Å². The second-order valence-corrected chi connectivity index (χ2v) is 9.19. The zero-order valence-electron chi connectivity index (χ0n) is 13.3. The van der Waals surface area contributed by atoms with E-state index in [0.29, 0.717) is 11.8 Å². The first-order chi connectivity index (χ1) is 10.8. The van der Waals surface area contributed by atoms with Crippen molar-refractivity contribution in [3.05, 3.63) is 10.4 Å². The number of carboxylic acid groups (broad SMARTS) is 1. The Morgan fingerprint density at radius 2 is 2.17 bits per heavy atom. The lowest BCUT2D eigenvalue weighted by molar-refractivity contribution is -0.304. The zero-order valence-corrected chi connectivity index (χ0v) is 15.8. The van der Waals surface area contributed by atoms with E-state index in [1.807, 2.05) is 6.26 Å². The third kappa shape index (κ3) is 3.35. The van der Waals surface area contributed by atoms with Gasteiger partial charge in [-0.05, 0) is 32.6 Å². The van der Waals surface area contributed by atoms with Crippen LogP contribution in [0.3, 0.4) is 0 Å². The molecule has 3 heterocycles. The van der Waals surface area contributed by atoms with Gasteiger partial charge in [-0.1, -0.05) is 23.5 Å². The Bertz CT molecular complexity index is 773. The number of carbonyl (C=O) groups excluding carboxylic acids is 1. The molecule has 1 aliphatic rings. The van der Waals surface area contributed by atoms with Crippen LogP contribution >= 0.6 is 34.9 Å². The number of carboxylic acids is 1. The largest absolute Gasteiger partial charge is 0.549 e. The number of hydrogen-bond acceptors (Lipinski definition) is 8. The number of aliphatic carboxylic acids is 1. The highest BCUT2D eigenvalue weighted by atomic mass is 32.2. The van der Waals surface area contributed by atoms with Crippen LogP contribution in [0.25, 0.3) is 10.2 Å². The van der Waals surface area contributed by atoms with E-state index in [1.165, 1.54) is 29.1 Å². The average molecular weight is 370 g/mol. The summed E-state index contributed by atoms with van der Waals surface area (Å²) in [6.07, 6.45) is 2.69. The summed E-state index contributed by atoms with van der Waals surface area (Å²) in [5, 5.41) is 12.8. The van der Waals surface area contributed by atoms with Crippen LogP contribution in [0.1, 0.15) is 31.2 Å². The number of ether oxygens (including phenoxy) is 1. The van der Waals surface area contributed by atoms with Gasteiger partial charge in [0.05, 0.1) is 18.2 Å². The molecule has 0 aromatic carbocycles. The van der Waals surface area contributed by atoms with Gasteiger partial charge in [0.25, 0.3) is 0 Å². The summed E-state index contributed by atoms with van der Waals surface area (Å²) in [7, 11) is 0. The lowest BCUT2D eigenvalue weighted by Gasteiger charge is -2.30. The number of hydrogen-bond donors (Lipinski definition) is 0. The van der Waals surface area contributed by atoms with Crippen molar-refractivity contribution in [2.75, 3.05) is 6.26 Å². The van der Waals surface area contributed by atoms with E-state index in [2.05, 4.69) is 23.8 Å². The van der Waals surface area contributed by atoms with E-state index in [4.69, 9.17) is 4.74 Å². The molecule has 0 aliphatic carbocycles. The molecule has 1 atom stereocenters. The first-order valence-electron chi connectivity index (χ1n) is 7.18. The molecule has 124 valence electrons. The van der Waals surface area contributed by atoms with Gasteiger partial charge in [0.2, 0.25) is 0 Å². The standard InChI is InChI=1S/C15H18N2O3S3/c1-7(13(18)19)22-11-10-8-5-15(2,3)20-6-9(8)23-12(10)17-14(16-11)21-4/h7H,5-6H2,1-4H3,(H,18,19)/p-1/t7-/m1/s1. The monoisotopic (exact) mass is 369 g/mol. The van der Waals surface area contributed by atoms with Crippen LogP contribution in [-0.4, -0.2) is 33.0 Å². The molecule has 2 aromatic heterocycles. The van der Waals surface area contributed by atoms with Crippen LogP contribution < -0.4 is 5.11 Å². The molecular formula is C15H17N2O3S3-. The van der Waals surface area contributed by atoms with E-state index < -0.39 is 11.2 Å². The zero-order chi connectivity index (χ0) is 16.8. The van der Waals surface area contributed by atoms with Gasteiger partial charge < -0.3 is 14.6 Å². The van der Waals surface area contributed by atoms with Crippen molar-refractivity contribution in [3.8, 4) is 0 Å². The molecular weight excluding hydrogens is 352 g/mol. The number of nitrogens with zero attached hydrogens (tertiary/aromatic N) is 2. The molecule has 0 bridgehead atoms. The highest BCUT2D eigenvalue weighted by molar-refractivity contribution is 8.00. The molecule has 3 rings (SSSR count). The molecule has 0 unspecified atom stereocenters. The summed E-state index contributed by atoms with van der Waals surface area (Å²) in [4.78, 5) is 22.4. The van der Waals surface area contributed by atoms with E-state index in [0.717, 1.165) is 26.5 Å². The van der Waals surface area contributed by atoms with E-state index >= 15 is 0 Å². The summed E-state index contributed by atoms with van der Waals surface area (Å²) < 4.78 is 5.88. The van der Waals surface area contributed by atoms with Crippen molar-refractivity contribution in [1.82, 2.24) is 9.97 Å². The Morgan fingerprint density at radius 1 is 1.43 bits per heavy atom. The molecule has 0 N–H and O–H groups in total. The Morgan fingerprint density at radius 3 is 2.83 bits per heavy atom. The van der Waals surface area contributed by atoms with Crippen LogP contribution in [-0.2, 0) is 22.6 Å². The summed E-state index contributed by atoms with van der Waals surface area (Å²) in [6, 6.07) is 0. The van der Waals surface area contributed by atoms with Crippen molar-refractivity contribution in [2.24, 2.45) is 0 Å². The Labute approximate surface area is 147 Å². The van der Waals surface area contributed by atoms with Crippen molar-refractivity contribution in [3.63, 3.8) is 0 Å². The average Bonchev–Trinajstić information content (AvgIpc) is 2.83. The van der Waals surface area contributed by atoms with Gasteiger partial charge in [0.15, 0.2) is 5.16 Å². The Balaban J connectivity index is 2.16. The number of thiophene rings is 1. The molecule has 8 heteroatoms. The first-order valence-corrected chi connectivity index (χ1v) is 10.1. The molecule has 0 radical (unpaired) electrons. The van der Waals surface area contributed by atoms with Gasteiger partial charge in [-0.3, -0.25) is 0 Å². The smallest absolute Gasteiger partial charge is 0.189 e. The van der Waals surface area contributed by atoms with Gasteiger partial charge in [0.1, 0.15) is 9.86 Å². The summed E-state index contributed by atoms with van der Waals surface area (Å²) in [5.74, 6) is -1.08. The number of thioether (sulfide) groups is 2. The second-order valence-electron chi connectivity index (χ2n) is 6.00. The molecule has 23 heavy (non-hydrogen) atoms. The minimum atomic E-state index is -1.08. The van der Waals surface area contributed by atoms with E-state index in [1.54, 1.807) is 18.3 Å². The molecule has 0 fully saturated rings. The summed E-state index contributed by atoms with van der Waals surface area (Å²) in [5.41, 5.74) is 0.961.